The minimum absolute atomic E-state index is 0.339. The number of hydrogen-bond donors (Lipinski definition) is 0. The fraction of sp³-hybridized carbons (Fsp3) is 0.333. The van der Waals surface area contributed by atoms with Gasteiger partial charge in [-0.2, -0.15) is 0 Å². The predicted octanol–water partition coefficient (Wildman–Crippen LogP) is 21.8. The van der Waals surface area contributed by atoms with E-state index in [1.54, 1.807) is 0 Å². The van der Waals surface area contributed by atoms with E-state index in [0.29, 0.717) is 47.3 Å². The van der Waals surface area contributed by atoms with Crippen molar-refractivity contribution in [3.05, 3.63) is 201 Å². The van der Waals surface area contributed by atoms with Crippen LogP contribution in [0.1, 0.15) is 214 Å². The van der Waals surface area contributed by atoms with Gasteiger partial charge < -0.3 is 0 Å². The molecular weight excluding hydrogens is 893 g/mol. The Hall–Kier alpha value is -6.64. The Morgan fingerprint density at radius 1 is 0.257 bits per heavy atom. The van der Waals surface area contributed by atoms with Gasteiger partial charge in [0.2, 0.25) is 0 Å². The van der Waals surface area contributed by atoms with Gasteiger partial charge in [-0.1, -0.05) is 220 Å². The minimum atomic E-state index is 0.339. The van der Waals surface area contributed by atoms with Crippen LogP contribution >= 0.6 is 0 Å². The van der Waals surface area contributed by atoms with E-state index in [1.165, 1.54) is 99.8 Å². The largest absolute Gasteiger partial charge is 0.246 e. The lowest BCUT2D eigenvalue weighted by molar-refractivity contribution is 0.836. The first-order valence-corrected chi connectivity index (χ1v) is 27.9. The number of aliphatic imine (C=N–C) groups is 2. The quantitative estimate of drug-likeness (QED) is 0.104. The molecule has 0 amide bonds. The average molecular weight is 973 g/mol. The van der Waals surface area contributed by atoms with Crippen LogP contribution in [0.3, 0.4) is 0 Å². The van der Waals surface area contributed by atoms with Crippen LogP contribution in [0.5, 0.6) is 0 Å². The fourth-order valence-electron chi connectivity index (χ4n) is 11.9. The lowest BCUT2D eigenvalue weighted by atomic mass is 9.81. The zero-order valence-corrected chi connectivity index (χ0v) is 47.4. The minimum Gasteiger partial charge on any atom is -0.246 e. The Kier molecular flexibility index (Phi) is 15.0. The first kappa shape index (κ1) is 52.2. The van der Waals surface area contributed by atoms with Crippen molar-refractivity contribution in [2.45, 2.75) is 158 Å². The van der Waals surface area contributed by atoms with Crippen molar-refractivity contribution in [2.75, 3.05) is 0 Å². The normalized spacial score (nSPS) is 13.9. The van der Waals surface area contributed by atoms with Gasteiger partial charge in [-0.3, -0.25) is 0 Å². The van der Waals surface area contributed by atoms with Crippen molar-refractivity contribution in [3.63, 3.8) is 0 Å². The van der Waals surface area contributed by atoms with Crippen molar-refractivity contribution >= 4 is 33.6 Å². The van der Waals surface area contributed by atoms with Crippen LogP contribution in [0.15, 0.2) is 156 Å². The second kappa shape index (κ2) is 21.3. The first-order valence-electron chi connectivity index (χ1n) is 27.9. The highest BCUT2D eigenvalue weighted by Crippen LogP contribution is 2.47. The van der Waals surface area contributed by atoms with Crippen LogP contribution in [-0.4, -0.2) is 11.4 Å². The summed E-state index contributed by atoms with van der Waals surface area (Å²) in [7, 11) is 0. The lowest BCUT2D eigenvalue weighted by Crippen LogP contribution is -2.10. The molecule has 1 aliphatic rings. The predicted molar refractivity (Wildman–Crippen MR) is 324 cm³/mol. The van der Waals surface area contributed by atoms with Crippen LogP contribution in [0.4, 0.5) is 11.4 Å². The second-order valence-corrected chi connectivity index (χ2v) is 23.7. The monoisotopic (exact) mass is 973 g/mol. The summed E-state index contributed by atoms with van der Waals surface area (Å²) in [4.78, 5) is 11.9. The van der Waals surface area contributed by atoms with E-state index in [0.717, 1.165) is 33.9 Å². The zero-order chi connectivity index (χ0) is 52.9. The highest BCUT2D eigenvalue weighted by Gasteiger charge is 2.29. The van der Waals surface area contributed by atoms with Gasteiger partial charge in [0.1, 0.15) is 0 Å². The summed E-state index contributed by atoms with van der Waals surface area (Å²) in [6.45, 7) is 37.2. The first-order chi connectivity index (χ1) is 35.3. The van der Waals surface area contributed by atoms with Crippen molar-refractivity contribution in [2.24, 2.45) is 9.98 Å². The van der Waals surface area contributed by atoms with Crippen LogP contribution in [-0.2, 0) is 0 Å². The molecule has 0 N–H and O–H groups in total. The van der Waals surface area contributed by atoms with Gasteiger partial charge in [-0.25, -0.2) is 9.98 Å². The smallest absolute Gasteiger partial charge is 0.0978 e. The van der Waals surface area contributed by atoms with Gasteiger partial charge >= 0.3 is 0 Å². The third kappa shape index (κ3) is 9.90. The van der Waals surface area contributed by atoms with E-state index < -0.39 is 0 Å². The van der Waals surface area contributed by atoms with Gasteiger partial charge in [0.25, 0.3) is 0 Å². The molecule has 378 valence electrons. The Balaban J connectivity index is 1.39. The molecule has 8 aromatic carbocycles. The van der Waals surface area contributed by atoms with E-state index in [9.17, 15) is 0 Å². The third-order valence-electron chi connectivity index (χ3n) is 15.6. The number of hydrogen-bond acceptors (Lipinski definition) is 2. The van der Waals surface area contributed by atoms with Gasteiger partial charge in [-0.15, -0.1) is 0 Å². The van der Waals surface area contributed by atoms with Crippen LogP contribution in [0.2, 0.25) is 0 Å². The summed E-state index contributed by atoms with van der Waals surface area (Å²) in [6.07, 6.45) is 0. The Morgan fingerprint density at radius 3 is 0.689 bits per heavy atom. The summed E-state index contributed by atoms with van der Waals surface area (Å²) in [6, 6.07) is 55.4. The molecule has 0 aromatic heterocycles. The van der Waals surface area contributed by atoms with Crippen molar-refractivity contribution < 1.29 is 0 Å². The Bertz CT molecular complexity index is 2960. The van der Waals surface area contributed by atoms with Crippen LogP contribution < -0.4 is 0 Å². The van der Waals surface area contributed by atoms with E-state index >= 15 is 0 Å². The summed E-state index contributed by atoms with van der Waals surface area (Å²) < 4.78 is 0. The molecule has 0 heterocycles. The standard InChI is InChI=1S/C72H80N2/c1-41(2)56-25-19-26-57(42(3)4)67(56)50-35-51(68-58(43(5)6)27-20-28-59(68)44(7)8)38-54(37-50)73-71-64-33-17-23-49-24-18-34-65(66(49)64)72(71)74-55-39-52(69-60(45(9)10)29-21-30-61(69)46(11)12)36-53(40-55)70-62(47(13)14)31-22-32-63(70)48(15)16/h17-48H,1-16H3. The highest BCUT2D eigenvalue weighted by molar-refractivity contribution is 6.61. The highest BCUT2D eigenvalue weighted by atomic mass is 14.8. The van der Waals surface area contributed by atoms with Crippen molar-refractivity contribution in [1.82, 2.24) is 0 Å². The second-order valence-electron chi connectivity index (χ2n) is 23.7. The van der Waals surface area contributed by atoms with Crippen molar-refractivity contribution in [1.29, 1.82) is 0 Å². The topological polar surface area (TPSA) is 24.7 Å². The molecule has 2 heteroatoms. The maximum atomic E-state index is 5.94. The van der Waals surface area contributed by atoms with Gasteiger partial charge in [0.05, 0.1) is 22.8 Å². The third-order valence-corrected chi connectivity index (χ3v) is 15.6. The molecular formula is C72H80N2. The molecule has 0 bridgehead atoms. The summed E-state index contributed by atoms with van der Waals surface area (Å²) in [5, 5.41) is 2.40. The van der Waals surface area contributed by atoms with Crippen LogP contribution in [0.25, 0.3) is 55.3 Å². The maximum Gasteiger partial charge on any atom is 0.0978 e. The lowest BCUT2D eigenvalue weighted by Gasteiger charge is -2.23. The van der Waals surface area contributed by atoms with E-state index in [2.05, 4.69) is 256 Å². The number of rotatable bonds is 14. The Morgan fingerprint density at radius 2 is 0.473 bits per heavy atom. The molecule has 0 spiro atoms. The fourth-order valence-corrected chi connectivity index (χ4v) is 11.9. The average Bonchev–Trinajstić information content (AvgIpc) is 3.66. The molecule has 0 aliphatic heterocycles. The van der Waals surface area contributed by atoms with E-state index in [1.807, 2.05) is 0 Å². The van der Waals surface area contributed by atoms with Gasteiger partial charge in [-0.05, 0) is 178 Å². The molecule has 0 saturated heterocycles. The molecule has 0 unspecified atom stereocenters. The molecule has 9 rings (SSSR count). The van der Waals surface area contributed by atoms with Crippen molar-refractivity contribution in [3.8, 4) is 44.5 Å². The van der Waals surface area contributed by atoms with E-state index in [4.69, 9.17) is 9.98 Å². The summed E-state index contributed by atoms with van der Waals surface area (Å²) >= 11 is 0. The van der Waals surface area contributed by atoms with Crippen LogP contribution in [0, 0.1) is 0 Å². The summed E-state index contributed by atoms with van der Waals surface area (Å²) in [5.74, 6) is 2.71. The van der Waals surface area contributed by atoms with Gasteiger partial charge in [0, 0.05) is 16.5 Å². The zero-order valence-electron chi connectivity index (χ0n) is 47.4. The number of nitrogens with zero attached hydrogens (tertiary/aromatic N) is 2. The molecule has 0 saturated carbocycles. The molecule has 0 fully saturated rings. The molecule has 0 atom stereocenters. The maximum absolute atomic E-state index is 5.94. The molecule has 1 aliphatic carbocycles. The molecule has 8 aromatic rings. The SMILES string of the molecule is CC(C)c1cccc(C(C)C)c1-c1cc(N=C2C(=Nc3cc(-c4c(C(C)C)cccc4C(C)C)cc(-c4c(C(C)C)cccc4C(C)C)c3)c3cccc4cccc2c34)cc(-c2c(C(C)C)cccc2C(C)C)c1. The molecule has 2 nitrogen and oxygen atoms in total. The molecule has 74 heavy (non-hydrogen) atoms. The Labute approximate surface area is 445 Å². The molecule has 0 radical (unpaired) electrons. The number of benzene rings is 8. The van der Waals surface area contributed by atoms with Gasteiger partial charge in [0.15, 0.2) is 0 Å². The summed E-state index contributed by atoms with van der Waals surface area (Å²) in [5.41, 5.74) is 27.0. The van der Waals surface area contributed by atoms with E-state index in [-0.39, 0.29) is 0 Å².